The molecule has 13 heteroatoms. The van der Waals surface area contributed by atoms with E-state index in [1.807, 2.05) is 25.8 Å². The second kappa shape index (κ2) is 13.3. The van der Waals surface area contributed by atoms with E-state index in [0.717, 1.165) is 0 Å². The summed E-state index contributed by atoms with van der Waals surface area (Å²) in [4.78, 5) is 44.1. The van der Waals surface area contributed by atoms with Crippen LogP contribution in [0.2, 0.25) is 0 Å². The lowest BCUT2D eigenvalue weighted by Crippen LogP contribution is -2.55. The highest BCUT2D eigenvalue weighted by atomic mass is 19.4. The van der Waals surface area contributed by atoms with Crippen molar-refractivity contribution in [1.82, 2.24) is 15.1 Å². The first-order chi connectivity index (χ1) is 21.8. The molecule has 3 heterocycles. The second-order valence-corrected chi connectivity index (χ2v) is 12.3. The third-order valence-corrected chi connectivity index (χ3v) is 9.39. The number of alkyl halides is 3. The lowest BCUT2D eigenvalue weighted by Gasteiger charge is -2.44. The van der Waals surface area contributed by atoms with Crippen LogP contribution in [-0.4, -0.2) is 92.7 Å². The minimum Gasteiger partial charge on any atom is -0.497 e. The molecule has 2 saturated heterocycles. The number of anilines is 2. The third kappa shape index (κ3) is 6.98. The van der Waals surface area contributed by atoms with E-state index in [4.69, 9.17) is 4.74 Å². The molecule has 0 aliphatic carbocycles. The van der Waals surface area contributed by atoms with Crippen molar-refractivity contribution in [1.29, 1.82) is 0 Å². The highest BCUT2D eigenvalue weighted by Gasteiger charge is 2.50. The zero-order valence-electron chi connectivity index (χ0n) is 26.3. The van der Waals surface area contributed by atoms with Crippen molar-refractivity contribution in [2.24, 2.45) is 11.8 Å². The minimum absolute atomic E-state index is 0.0912. The van der Waals surface area contributed by atoms with Crippen LogP contribution in [0.25, 0.3) is 5.57 Å². The Hall–Kier alpha value is -4.13. The maximum atomic E-state index is 15.9. The number of likely N-dealkylation sites (N-methyl/N-ethyl adjacent to an activating group) is 1. The van der Waals surface area contributed by atoms with E-state index < -0.39 is 48.6 Å². The summed E-state index contributed by atoms with van der Waals surface area (Å²) in [6.07, 6.45) is -3.50. The number of carbonyl (C=O) groups excluding carboxylic acids is 3. The Kier molecular flexibility index (Phi) is 9.62. The molecule has 2 aromatic carbocycles. The summed E-state index contributed by atoms with van der Waals surface area (Å²) in [6.45, 7) is 5.17. The Bertz CT molecular complexity index is 1500. The van der Waals surface area contributed by atoms with Gasteiger partial charge in [0.1, 0.15) is 11.6 Å². The van der Waals surface area contributed by atoms with Gasteiger partial charge in [-0.25, -0.2) is 4.39 Å². The molecular weight excluding hydrogens is 606 g/mol. The smallest absolute Gasteiger partial charge is 0.393 e. The van der Waals surface area contributed by atoms with Crippen molar-refractivity contribution >= 4 is 34.7 Å². The van der Waals surface area contributed by atoms with Crippen LogP contribution in [0.15, 0.2) is 42.5 Å². The maximum absolute atomic E-state index is 15.9. The number of methoxy groups -OCH3 is 1. The second-order valence-electron chi connectivity index (χ2n) is 12.3. The predicted octanol–water partition coefficient (Wildman–Crippen LogP) is 4.55. The number of nitrogens with zero attached hydrogens (tertiary/aromatic N) is 3. The molecule has 3 aliphatic heterocycles. The summed E-state index contributed by atoms with van der Waals surface area (Å²) in [5.41, 5.74) is 1.88. The molecule has 0 bridgehead atoms. The van der Waals surface area contributed by atoms with Crippen molar-refractivity contribution < 1.29 is 36.7 Å². The van der Waals surface area contributed by atoms with E-state index in [9.17, 15) is 27.6 Å². The number of carbonyl (C=O) groups is 3. The van der Waals surface area contributed by atoms with Crippen LogP contribution in [0, 0.1) is 17.7 Å². The number of piperidine rings is 1. The molecule has 5 rings (SSSR count). The fraction of sp³-hybridized carbons (Fsp3) is 0.485. The number of amides is 3. The van der Waals surface area contributed by atoms with E-state index >= 15 is 4.39 Å². The van der Waals surface area contributed by atoms with Crippen molar-refractivity contribution in [2.45, 2.75) is 44.9 Å². The SMILES string of the molecule is COc1ccc(C(=O)N2CC=C(c3cc(NC(=O)C4CNC(=O)CC4C(F)(F)F)c(N4C[C@@H](C)N(C)[C@@H](C)C4)cc3F)CC2)cc1. The van der Waals surface area contributed by atoms with Crippen molar-refractivity contribution in [3.8, 4) is 5.75 Å². The molecule has 0 aromatic heterocycles. The van der Waals surface area contributed by atoms with Gasteiger partial charge in [-0.15, -0.1) is 0 Å². The number of benzene rings is 2. The summed E-state index contributed by atoms with van der Waals surface area (Å²) < 4.78 is 62.7. The van der Waals surface area contributed by atoms with Crippen LogP contribution >= 0.6 is 0 Å². The molecule has 2 aromatic rings. The Morgan fingerprint density at radius 3 is 2.33 bits per heavy atom. The first-order valence-electron chi connectivity index (χ1n) is 15.3. The van der Waals surface area contributed by atoms with Gasteiger partial charge in [0.15, 0.2) is 0 Å². The van der Waals surface area contributed by atoms with Crippen LogP contribution in [0.3, 0.4) is 0 Å². The summed E-state index contributed by atoms with van der Waals surface area (Å²) in [6, 6.07) is 9.74. The number of nitrogens with one attached hydrogen (secondary N) is 2. The molecule has 248 valence electrons. The van der Waals surface area contributed by atoms with Gasteiger partial charge in [0.05, 0.1) is 30.3 Å². The standard InChI is InChI=1S/C33H39F4N5O4/c1-19-17-42(18-20(2)40(19)3)29-15-27(34)24(13-28(29)39-31(44)25-16-38-30(43)14-26(25)33(35,36)37)21-9-11-41(12-10-21)32(45)22-5-7-23(46-4)8-6-22/h5-9,13,15,19-20,25-26H,10-12,14,16-18H2,1-4H3,(H,38,43)(H,39,44)/t19-,20+,25?,26?. The minimum atomic E-state index is -4.75. The van der Waals surface area contributed by atoms with Gasteiger partial charge in [0, 0.05) is 62.4 Å². The molecular formula is C33H39F4N5O4. The van der Waals surface area contributed by atoms with Crippen molar-refractivity contribution in [3.05, 3.63) is 59.4 Å². The summed E-state index contributed by atoms with van der Waals surface area (Å²) in [7, 11) is 3.53. The first-order valence-corrected chi connectivity index (χ1v) is 15.3. The predicted molar refractivity (Wildman–Crippen MR) is 166 cm³/mol. The molecule has 2 N–H and O–H groups in total. The van der Waals surface area contributed by atoms with Crippen LogP contribution in [0.4, 0.5) is 28.9 Å². The normalized spacial score (nSPS) is 24.3. The molecule has 4 atom stereocenters. The maximum Gasteiger partial charge on any atom is 0.393 e. The zero-order chi connectivity index (χ0) is 33.3. The number of piperazine rings is 1. The Morgan fingerprint density at radius 1 is 1.07 bits per heavy atom. The number of rotatable bonds is 6. The Morgan fingerprint density at radius 2 is 1.74 bits per heavy atom. The van der Waals surface area contributed by atoms with Crippen LogP contribution in [-0.2, 0) is 9.59 Å². The van der Waals surface area contributed by atoms with Crippen molar-refractivity contribution in [2.75, 3.05) is 57.1 Å². The lowest BCUT2D eigenvalue weighted by molar-refractivity contribution is -0.197. The molecule has 0 saturated carbocycles. The van der Waals surface area contributed by atoms with Crippen LogP contribution in [0.5, 0.6) is 5.75 Å². The molecule has 2 fully saturated rings. The van der Waals surface area contributed by atoms with E-state index in [1.54, 1.807) is 35.2 Å². The topological polar surface area (TPSA) is 94.2 Å². The fourth-order valence-electron chi connectivity index (χ4n) is 6.41. The fourth-order valence-corrected chi connectivity index (χ4v) is 6.41. The highest BCUT2D eigenvalue weighted by molar-refractivity contribution is 5.98. The average molecular weight is 646 g/mol. The van der Waals surface area contributed by atoms with Gasteiger partial charge in [-0.3, -0.25) is 19.3 Å². The van der Waals surface area contributed by atoms with Gasteiger partial charge in [0.2, 0.25) is 11.8 Å². The van der Waals surface area contributed by atoms with Gasteiger partial charge in [-0.2, -0.15) is 13.2 Å². The van der Waals surface area contributed by atoms with E-state index in [0.29, 0.717) is 48.6 Å². The van der Waals surface area contributed by atoms with E-state index in [2.05, 4.69) is 15.5 Å². The first kappa shape index (κ1) is 33.2. The number of hydrogen-bond acceptors (Lipinski definition) is 6. The monoisotopic (exact) mass is 645 g/mol. The van der Waals surface area contributed by atoms with Gasteiger partial charge < -0.3 is 25.2 Å². The molecule has 3 aliphatic rings. The lowest BCUT2D eigenvalue weighted by atomic mass is 9.84. The molecule has 9 nitrogen and oxygen atoms in total. The Labute approximate surface area is 265 Å². The number of halogens is 4. The summed E-state index contributed by atoms with van der Waals surface area (Å²) in [5, 5.41) is 5.06. The third-order valence-electron chi connectivity index (χ3n) is 9.39. The van der Waals surface area contributed by atoms with Gasteiger partial charge >= 0.3 is 6.18 Å². The van der Waals surface area contributed by atoms with E-state index in [-0.39, 0.29) is 35.8 Å². The zero-order valence-corrected chi connectivity index (χ0v) is 26.3. The molecule has 0 spiro atoms. The van der Waals surface area contributed by atoms with Gasteiger partial charge in [0.25, 0.3) is 5.91 Å². The van der Waals surface area contributed by atoms with Crippen LogP contribution in [0.1, 0.15) is 42.6 Å². The largest absolute Gasteiger partial charge is 0.497 e. The van der Waals surface area contributed by atoms with Crippen LogP contribution < -0.4 is 20.3 Å². The number of ether oxygens (including phenoxy) is 1. The average Bonchev–Trinajstić information content (AvgIpc) is 3.03. The van der Waals surface area contributed by atoms with Gasteiger partial charge in [-0.05, 0) is 69.3 Å². The van der Waals surface area contributed by atoms with Crippen molar-refractivity contribution in [3.63, 3.8) is 0 Å². The summed E-state index contributed by atoms with van der Waals surface area (Å²) >= 11 is 0. The summed E-state index contributed by atoms with van der Waals surface area (Å²) in [5.74, 6) is -5.43. The van der Waals surface area contributed by atoms with Gasteiger partial charge in [-0.1, -0.05) is 6.08 Å². The highest BCUT2D eigenvalue weighted by Crippen LogP contribution is 2.39. The number of hydrogen-bond donors (Lipinski definition) is 2. The Balaban J connectivity index is 1.44. The molecule has 2 unspecified atom stereocenters. The molecule has 0 radical (unpaired) electrons. The quantitative estimate of drug-likeness (QED) is 0.448. The molecule has 46 heavy (non-hydrogen) atoms. The van der Waals surface area contributed by atoms with E-state index in [1.165, 1.54) is 19.2 Å². The molecule has 3 amide bonds.